The molecule has 0 spiro atoms. The SMILES string of the molecule is C[C@@](CSc1ccccc1)(CS(=O)(=O)c1ccc(-c2ccc(Cl)cc2)cc1)C(=O)O.[Ca+2]. The molecule has 0 heterocycles. The molecule has 0 aromatic heterocycles. The van der Waals surface area contributed by atoms with Crippen molar-refractivity contribution < 1.29 is 18.3 Å². The molecule has 0 bridgehead atoms. The van der Waals surface area contributed by atoms with Gasteiger partial charge in [0.2, 0.25) is 0 Å². The van der Waals surface area contributed by atoms with Gasteiger partial charge in [-0.2, -0.15) is 0 Å². The number of thioether (sulfide) groups is 1. The molecule has 3 aromatic carbocycles. The van der Waals surface area contributed by atoms with Crippen LogP contribution in [0.15, 0.2) is 88.7 Å². The van der Waals surface area contributed by atoms with Gasteiger partial charge in [-0.15, -0.1) is 11.8 Å². The van der Waals surface area contributed by atoms with Gasteiger partial charge < -0.3 is 5.11 Å². The van der Waals surface area contributed by atoms with E-state index < -0.39 is 27.0 Å². The Balaban J connectivity index is 0.00000341. The first-order valence-electron chi connectivity index (χ1n) is 9.20. The van der Waals surface area contributed by atoms with Gasteiger partial charge in [0.15, 0.2) is 9.84 Å². The van der Waals surface area contributed by atoms with E-state index in [2.05, 4.69) is 0 Å². The van der Waals surface area contributed by atoms with Crippen molar-refractivity contribution in [3.8, 4) is 11.1 Å². The molecule has 0 fully saturated rings. The monoisotopic (exact) mass is 500 g/mol. The Labute approximate surface area is 221 Å². The van der Waals surface area contributed by atoms with Crippen LogP contribution in [0.5, 0.6) is 0 Å². The van der Waals surface area contributed by atoms with Gasteiger partial charge in [0.1, 0.15) is 0 Å². The Hall–Kier alpha value is -1.02. The third-order valence-corrected chi connectivity index (χ3v) is 8.36. The molecule has 1 atom stereocenters. The Morgan fingerprint density at radius 1 is 0.935 bits per heavy atom. The molecule has 0 aliphatic carbocycles. The quantitative estimate of drug-likeness (QED) is 0.336. The molecule has 3 aromatic rings. The summed E-state index contributed by atoms with van der Waals surface area (Å²) in [4.78, 5) is 12.9. The maximum atomic E-state index is 13.0. The Morgan fingerprint density at radius 3 is 1.97 bits per heavy atom. The van der Waals surface area contributed by atoms with Crippen molar-refractivity contribution in [1.29, 1.82) is 0 Å². The molecule has 0 amide bonds. The minimum atomic E-state index is -3.79. The van der Waals surface area contributed by atoms with Gasteiger partial charge in [-0.25, -0.2) is 8.42 Å². The number of rotatable bonds is 8. The number of sulfone groups is 1. The Kier molecular flexibility index (Phi) is 9.49. The molecule has 4 nitrogen and oxygen atoms in total. The van der Waals surface area contributed by atoms with Gasteiger partial charge in [0.25, 0.3) is 0 Å². The largest absolute Gasteiger partial charge is 2.00 e. The average molecular weight is 501 g/mol. The molecule has 156 valence electrons. The van der Waals surface area contributed by atoms with Crippen LogP contribution >= 0.6 is 23.4 Å². The predicted octanol–water partition coefficient (Wildman–Crippen LogP) is 5.28. The van der Waals surface area contributed by atoms with Crippen molar-refractivity contribution in [2.75, 3.05) is 11.5 Å². The summed E-state index contributed by atoms with van der Waals surface area (Å²) in [7, 11) is -3.79. The second kappa shape index (κ2) is 11.2. The maximum absolute atomic E-state index is 13.0. The second-order valence-electron chi connectivity index (χ2n) is 7.26. The molecule has 0 unspecified atom stereocenters. The van der Waals surface area contributed by atoms with Crippen LogP contribution in [0, 0.1) is 5.41 Å². The molecule has 8 heteroatoms. The summed E-state index contributed by atoms with van der Waals surface area (Å²) >= 11 is 7.24. The van der Waals surface area contributed by atoms with E-state index in [1.807, 2.05) is 42.5 Å². The number of hydrogen-bond donors (Lipinski definition) is 1. The van der Waals surface area contributed by atoms with Crippen molar-refractivity contribution in [2.24, 2.45) is 5.41 Å². The molecular weight excluding hydrogens is 480 g/mol. The molecule has 3 rings (SSSR count). The van der Waals surface area contributed by atoms with Crippen LogP contribution in [0.2, 0.25) is 5.02 Å². The fourth-order valence-electron chi connectivity index (χ4n) is 2.92. The van der Waals surface area contributed by atoms with Crippen molar-refractivity contribution in [3.05, 3.63) is 83.9 Å². The zero-order chi connectivity index (χ0) is 21.8. The van der Waals surface area contributed by atoms with E-state index in [-0.39, 0.29) is 48.4 Å². The first-order chi connectivity index (χ1) is 14.2. The number of carbonyl (C=O) groups is 1. The van der Waals surface area contributed by atoms with Gasteiger partial charge in [-0.05, 0) is 54.4 Å². The van der Waals surface area contributed by atoms with E-state index in [0.29, 0.717) is 5.02 Å². The van der Waals surface area contributed by atoms with E-state index in [1.165, 1.54) is 30.8 Å². The first-order valence-corrected chi connectivity index (χ1v) is 12.2. The minimum absolute atomic E-state index is 0. The number of benzene rings is 3. The number of hydrogen-bond acceptors (Lipinski definition) is 4. The minimum Gasteiger partial charge on any atom is -0.481 e. The third kappa shape index (κ3) is 6.98. The summed E-state index contributed by atoms with van der Waals surface area (Å²) in [6, 6.07) is 23.1. The van der Waals surface area contributed by atoms with Crippen LogP contribution in [0.1, 0.15) is 6.92 Å². The average Bonchev–Trinajstić information content (AvgIpc) is 2.73. The number of carboxylic acids is 1. The van der Waals surface area contributed by atoms with Crippen molar-refractivity contribution in [1.82, 2.24) is 0 Å². The zero-order valence-electron chi connectivity index (χ0n) is 17.0. The van der Waals surface area contributed by atoms with E-state index >= 15 is 0 Å². The van der Waals surface area contributed by atoms with Crippen LogP contribution < -0.4 is 0 Å². The molecule has 31 heavy (non-hydrogen) atoms. The van der Waals surface area contributed by atoms with Gasteiger partial charge in [0.05, 0.1) is 16.1 Å². The molecule has 0 aliphatic heterocycles. The number of carboxylic acid groups (broad SMARTS) is 1. The van der Waals surface area contributed by atoms with Crippen LogP contribution in [-0.4, -0.2) is 68.7 Å². The van der Waals surface area contributed by atoms with Crippen LogP contribution in [0.4, 0.5) is 0 Å². The normalized spacial score (nSPS) is 13.1. The van der Waals surface area contributed by atoms with Crippen molar-refractivity contribution in [2.45, 2.75) is 16.7 Å². The van der Waals surface area contributed by atoms with Gasteiger partial charge >= 0.3 is 43.7 Å². The molecule has 0 saturated carbocycles. The summed E-state index contributed by atoms with van der Waals surface area (Å²) in [5.41, 5.74) is 0.345. The smallest absolute Gasteiger partial charge is 0.481 e. The van der Waals surface area contributed by atoms with E-state index in [1.54, 1.807) is 24.3 Å². The second-order valence-corrected chi connectivity index (χ2v) is 10.7. The summed E-state index contributed by atoms with van der Waals surface area (Å²) < 4.78 is 25.9. The van der Waals surface area contributed by atoms with Gasteiger partial charge in [0, 0.05) is 15.7 Å². The van der Waals surface area contributed by atoms with E-state index in [0.717, 1.165) is 16.0 Å². The summed E-state index contributed by atoms with van der Waals surface area (Å²) in [6.07, 6.45) is 0. The molecule has 0 aliphatic rings. The Bertz CT molecular complexity index is 1120. The molecular formula is C23H21CaClO4S2+2. The standard InChI is InChI=1S/C23H21ClO4S2.Ca/c1-23(22(25)26,15-29-20-5-3-2-4-6-20)16-30(27,28)21-13-9-18(10-14-21)17-7-11-19(24)12-8-17;/h2-14H,15-16H2,1H3,(H,25,26);/q;+2/t23-;/m1./s1. The zero-order valence-corrected chi connectivity index (χ0v) is 21.6. The van der Waals surface area contributed by atoms with Crippen molar-refractivity contribution >= 4 is 76.9 Å². The van der Waals surface area contributed by atoms with Gasteiger partial charge in [-0.3, -0.25) is 4.79 Å². The maximum Gasteiger partial charge on any atom is 2.00 e. The third-order valence-electron chi connectivity index (χ3n) is 4.72. The summed E-state index contributed by atoms with van der Waals surface area (Å²) in [5.74, 6) is -1.46. The van der Waals surface area contributed by atoms with Crippen molar-refractivity contribution in [3.63, 3.8) is 0 Å². The van der Waals surface area contributed by atoms with Crippen LogP contribution in [0.25, 0.3) is 11.1 Å². The topological polar surface area (TPSA) is 71.4 Å². The summed E-state index contributed by atoms with van der Waals surface area (Å²) in [5, 5.41) is 10.4. The molecule has 0 radical (unpaired) electrons. The first kappa shape index (κ1) is 26.2. The van der Waals surface area contributed by atoms with Crippen LogP contribution in [-0.2, 0) is 14.6 Å². The number of halogens is 1. The van der Waals surface area contributed by atoms with E-state index in [9.17, 15) is 18.3 Å². The fraction of sp³-hybridized carbons (Fsp3) is 0.174. The van der Waals surface area contributed by atoms with Gasteiger partial charge in [-0.1, -0.05) is 54.1 Å². The molecule has 1 N–H and O–H groups in total. The predicted molar refractivity (Wildman–Crippen MR) is 128 cm³/mol. The Morgan fingerprint density at radius 2 is 1.45 bits per heavy atom. The summed E-state index contributed by atoms with van der Waals surface area (Å²) in [6.45, 7) is 1.48. The fourth-order valence-corrected chi connectivity index (χ4v) is 6.02. The van der Waals surface area contributed by atoms with E-state index in [4.69, 9.17) is 11.6 Å². The molecule has 0 saturated heterocycles. The van der Waals surface area contributed by atoms with Crippen LogP contribution in [0.3, 0.4) is 0 Å². The number of aliphatic carboxylic acids is 1.